The van der Waals surface area contributed by atoms with E-state index in [-0.39, 0.29) is 17.5 Å². The van der Waals surface area contributed by atoms with E-state index >= 15 is 0 Å². The normalized spacial score (nSPS) is 18.9. The molecule has 1 aliphatic heterocycles. The molecule has 3 aromatic heterocycles. The molecule has 0 bridgehead atoms. The predicted molar refractivity (Wildman–Crippen MR) is 109 cm³/mol. The van der Waals surface area contributed by atoms with Gasteiger partial charge in [-0.1, -0.05) is 6.07 Å². The number of sulfone groups is 1. The van der Waals surface area contributed by atoms with Crippen molar-refractivity contribution in [3.63, 3.8) is 0 Å². The summed E-state index contributed by atoms with van der Waals surface area (Å²) in [6.45, 7) is 5.40. The number of aromatic nitrogens is 3. The molecule has 28 heavy (non-hydrogen) atoms. The number of thiophene rings is 1. The second-order valence-corrected chi connectivity index (χ2v) is 10.6. The molecule has 0 amide bonds. The van der Waals surface area contributed by atoms with Gasteiger partial charge in [-0.25, -0.2) is 13.4 Å². The van der Waals surface area contributed by atoms with Crippen LogP contribution in [0.1, 0.15) is 35.1 Å². The molecule has 1 aliphatic rings. The van der Waals surface area contributed by atoms with Gasteiger partial charge in [0, 0.05) is 24.3 Å². The lowest BCUT2D eigenvalue weighted by Gasteiger charge is -2.16. The van der Waals surface area contributed by atoms with E-state index in [1.54, 1.807) is 17.6 Å². The van der Waals surface area contributed by atoms with Crippen LogP contribution in [0.2, 0.25) is 0 Å². The Bertz CT molecular complexity index is 1070. The van der Waals surface area contributed by atoms with E-state index in [1.807, 2.05) is 43.1 Å². The van der Waals surface area contributed by atoms with Crippen LogP contribution in [0.5, 0.6) is 0 Å². The smallest absolute Gasteiger partial charge is 0.236 e. The maximum absolute atomic E-state index is 11.8. The van der Waals surface area contributed by atoms with E-state index in [2.05, 4.69) is 15.0 Å². The first kappa shape index (κ1) is 19.4. The number of aryl methyl sites for hydroxylation is 1. The van der Waals surface area contributed by atoms with Gasteiger partial charge in [-0.15, -0.1) is 11.3 Å². The Morgan fingerprint density at radius 1 is 1.36 bits per heavy atom. The molecule has 0 unspecified atom stereocenters. The Hall–Kier alpha value is -1.97. The Balaban J connectivity index is 1.45. The topological polar surface area (TPSA) is 81.2 Å². The minimum Gasteiger partial charge on any atom is -0.444 e. The monoisotopic (exact) mass is 420 g/mol. The Labute approximate surface area is 168 Å². The van der Waals surface area contributed by atoms with E-state index in [0.717, 1.165) is 34.1 Å². The first-order valence-electron chi connectivity index (χ1n) is 9.24. The molecule has 0 radical (unpaired) electrons. The third-order valence-corrected chi connectivity index (χ3v) is 7.78. The van der Waals surface area contributed by atoms with Crippen LogP contribution in [0, 0.1) is 13.8 Å². The molecule has 0 aliphatic carbocycles. The standard InChI is InChI=1S/C19H24N4O3S2/c1-13-17(14(2)23(21-13)16-6-8-28(24,25)12-16)10-22(3)9-15-11-26-19(20-15)18-5-4-7-27-18/h4-5,7,11,16H,6,8-10,12H2,1-3H3/t16-/m1/s1. The Morgan fingerprint density at radius 3 is 2.86 bits per heavy atom. The molecular weight excluding hydrogens is 396 g/mol. The van der Waals surface area contributed by atoms with Gasteiger partial charge in [0.2, 0.25) is 5.89 Å². The fraction of sp³-hybridized carbons (Fsp3) is 0.474. The van der Waals surface area contributed by atoms with E-state index in [0.29, 0.717) is 18.9 Å². The van der Waals surface area contributed by atoms with Crippen molar-refractivity contribution in [2.45, 2.75) is 39.4 Å². The maximum atomic E-state index is 11.8. The van der Waals surface area contributed by atoms with E-state index in [4.69, 9.17) is 4.42 Å². The molecule has 4 heterocycles. The quantitative estimate of drug-likeness (QED) is 0.609. The number of hydrogen-bond acceptors (Lipinski definition) is 7. The highest BCUT2D eigenvalue weighted by atomic mass is 32.2. The van der Waals surface area contributed by atoms with Gasteiger partial charge in [-0.3, -0.25) is 9.58 Å². The van der Waals surface area contributed by atoms with Crippen molar-refractivity contribution in [3.05, 3.63) is 46.4 Å². The minimum absolute atomic E-state index is 0.0494. The summed E-state index contributed by atoms with van der Waals surface area (Å²) in [6, 6.07) is 3.93. The second kappa shape index (κ2) is 7.46. The highest BCUT2D eigenvalue weighted by Crippen LogP contribution is 2.28. The maximum Gasteiger partial charge on any atom is 0.236 e. The van der Waals surface area contributed by atoms with Crippen molar-refractivity contribution in [1.82, 2.24) is 19.7 Å². The molecule has 0 spiro atoms. The fourth-order valence-corrected chi connectivity index (χ4v) is 6.09. The van der Waals surface area contributed by atoms with Crippen LogP contribution in [-0.4, -0.2) is 46.6 Å². The average Bonchev–Trinajstić information content (AvgIpc) is 3.39. The van der Waals surface area contributed by atoms with Crippen LogP contribution in [0.25, 0.3) is 10.8 Å². The summed E-state index contributed by atoms with van der Waals surface area (Å²) in [5.74, 6) is 1.10. The fourth-order valence-electron chi connectivity index (χ4n) is 3.75. The first-order valence-corrected chi connectivity index (χ1v) is 11.9. The molecule has 4 rings (SSSR count). The SMILES string of the molecule is Cc1nn([C@@H]2CCS(=O)(=O)C2)c(C)c1CN(C)Cc1coc(-c2cccs2)n1. The summed E-state index contributed by atoms with van der Waals surface area (Å²) >= 11 is 1.61. The molecular formula is C19H24N4O3S2. The summed E-state index contributed by atoms with van der Waals surface area (Å²) in [6.07, 6.45) is 2.35. The van der Waals surface area contributed by atoms with Crippen LogP contribution >= 0.6 is 11.3 Å². The van der Waals surface area contributed by atoms with Crippen LogP contribution in [0.3, 0.4) is 0 Å². The van der Waals surface area contributed by atoms with Gasteiger partial charge in [0.05, 0.1) is 33.8 Å². The molecule has 1 atom stereocenters. The summed E-state index contributed by atoms with van der Waals surface area (Å²) in [5.41, 5.74) is 4.03. The average molecular weight is 421 g/mol. The van der Waals surface area contributed by atoms with Gasteiger partial charge >= 0.3 is 0 Å². The van der Waals surface area contributed by atoms with Crippen LogP contribution < -0.4 is 0 Å². The van der Waals surface area contributed by atoms with Crippen molar-refractivity contribution in [1.29, 1.82) is 0 Å². The molecule has 9 heteroatoms. The van der Waals surface area contributed by atoms with Gasteiger partial charge in [0.15, 0.2) is 9.84 Å². The zero-order valence-electron chi connectivity index (χ0n) is 16.3. The van der Waals surface area contributed by atoms with E-state index in [9.17, 15) is 8.42 Å². The highest BCUT2D eigenvalue weighted by molar-refractivity contribution is 7.91. The third-order valence-electron chi connectivity index (χ3n) is 5.17. The van der Waals surface area contributed by atoms with E-state index < -0.39 is 9.84 Å². The van der Waals surface area contributed by atoms with Gasteiger partial charge < -0.3 is 4.42 Å². The second-order valence-electron chi connectivity index (χ2n) is 7.44. The molecule has 0 N–H and O–H groups in total. The van der Waals surface area contributed by atoms with Gasteiger partial charge in [-0.2, -0.15) is 5.10 Å². The van der Waals surface area contributed by atoms with Crippen LogP contribution in [0.4, 0.5) is 0 Å². The number of rotatable bonds is 6. The summed E-state index contributed by atoms with van der Waals surface area (Å²) in [5, 5.41) is 6.65. The van der Waals surface area contributed by atoms with Crippen molar-refractivity contribution in [2.75, 3.05) is 18.6 Å². The molecule has 1 saturated heterocycles. The predicted octanol–water partition coefficient (Wildman–Crippen LogP) is 3.21. The lowest BCUT2D eigenvalue weighted by atomic mass is 10.1. The zero-order valence-corrected chi connectivity index (χ0v) is 17.9. The molecule has 3 aromatic rings. The van der Waals surface area contributed by atoms with E-state index in [1.165, 1.54) is 0 Å². The molecule has 0 aromatic carbocycles. The number of nitrogens with zero attached hydrogens (tertiary/aromatic N) is 4. The lowest BCUT2D eigenvalue weighted by Crippen LogP contribution is -2.19. The van der Waals surface area contributed by atoms with Crippen molar-refractivity contribution in [2.24, 2.45) is 0 Å². The largest absolute Gasteiger partial charge is 0.444 e. The summed E-state index contributed by atoms with van der Waals surface area (Å²) in [7, 11) is -0.896. The minimum atomic E-state index is -2.93. The molecule has 0 saturated carbocycles. The Kier molecular flexibility index (Phi) is 5.15. The molecule has 150 valence electrons. The van der Waals surface area contributed by atoms with Crippen LogP contribution in [0.15, 0.2) is 28.2 Å². The summed E-state index contributed by atoms with van der Waals surface area (Å²) < 4.78 is 31.2. The van der Waals surface area contributed by atoms with Gasteiger partial charge in [-0.05, 0) is 38.8 Å². The van der Waals surface area contributed by atoms with Crippen LogP contribution in [-0.2, 0) is 22.9 Å². The summed E-state index contributed by atoms with van der Waals surface area (Å²) in [4.78, 5) is 7.77. The molecule has 7 nitrogen and oxygen atoms in total. The van der Waals surface area contributed by atoms with Crippen molar-refractivity contribution in [3.8, 4) is 10.8 Å². The zero-order chi connectivity index (χ0) is 19.9. The highest BCUT2D eigenvalue weighted by Gasteiger charge is 2.31. The number of oxazole rings is 1. The Morgan fingerprint density at radius 2 is 2.18 bits per heavy atom. The van der Waals surface area contributed by atoms with Crippen molar-refractivity contribution < 1.29 is 12.8 Å². The number of hydrogen-bond donors (Lipinski definition) is 0. The third kappa shape index (κ3) is 3.92. The van der Waals surface area contributed by atoms with Gasteiger partial charge in [0.25, 0.3) is 0 Å². The van der Waals surface area contributed by atoms with Crippen molar-refractivity contribution >= 4 is 21.2 Å². The first-order chi connectivity index (χ1) is 13.3. The molecule has 1 fully saturated rings. The lowest BCUT2D eigenvalue weighted by molar-refractivity contribution is 0.313. The van der Waals surface area contributed by atoms with Gasteiger partial charge in [0.1, 0.15) is 6.26 Å².